The lowest BCUT2D eigenvalue weighted by Crippen LogP contribution is -2.60. The number of thiazole rings is 1. The van der Waals surface area contributed by atoms with Gasteiger partial charge in [-0.2, -0.15) is 0 Å². The fourth-order valence-corrected chi connectivity index (χ4v) is 3.69. The highest BCUT2D eigenvalue weighted by atomic mass is 32.1. The summed E-state index contributed by atoms with van der Waals surface area (Å²) in [4.78, 5) is 18.7. The zero-order valence-corrected chi connectivity index (χ0v) is 14.3. The van der Waals surface area contributed by atoms with Gasteiger partial charge in [-0.25, -0.2) is 9.78 Å². The van der Waals surface area contributed by atoms with Gasteiger partial charge in [-0.05, 0) is 34.1 Å². The van der Waals surface area contributed by atoms with Crippen LogP contribution in [0.25, 0.3) is 0 Å². The Morgan fingerprint density at radius 3 is 2.52 bits per heavy atom. The average molecular weight is 311 g/mol. The van der Waals surface area contributed by atoms with Crippen molar-refractivity contribution in [2.75, 3.05) is 13.1 Å². The minimum absolute atomic E-state index is 0.0217. The monoisotopic (exact) mass is 311 g/mol. The SMILES string of the molecule is CC[C@@H](NC(=O)N1CC(C)(C)OC(C)(C)C1)c1nccs1. The average Bonchev–Trinajstić information content (AvgIpc) is 2.85. The van der Waals surface area contributed by atoms with Gasteiger partial charge in [0.25, 0.3) is 0 Å². The van der Waals surface area contributed by atoms with Crippen LogP contribution >= 0.6 is 11.3 Å². The van der Waals surface area contributed by atoms with E-state index < -0.39 is 0 Å². The van der Waals surface area contributed by atoms with Crippen LogP contribution < -0.4 is 5.32 Å². The van der Waals surface area contributed by atoms with Crippen molar-refractivity contribution in [2.45, 2.75) is 58.3 Å². The van der Waals surface area contributed by atoms with E-state index in [0.717, 1.165) is 11.4 Å². The molecule has 0 unspecified atom stereocenters. The zero-order chi connectivity index (χ0) is 15.7. The summed E-state index contributed by atoms with van der Waals surface area (Å²) in [5.74, 6) is 0. The Balaban J connectivity index is 2.05. The molecule has 0 saturated carbocycles. The first-order valence-corrected chi connectivity index (χ1v) is 8.25. The number of nitrogens with zero attached hydrogens (tertiary/aromatic N) is 2. The molecule has 1 aromatic rings. The van der Waals surface area contributed by atoms with Gasteiger partial charge in [-0.15, -0.1) is 11.3 Å². The lowest BCUT2D eigenvalue weighted by molar-refractivity contribution is -0.170. The molecule has 1 saturated heterocycles. The summed E-state index contributed by atoms with van der Waals surface area (Å²) < 4.78 is 6.01. The van der Waals surface area contributed by atoms with Gasteiger partial charge in [0, 0.05) is 11.6 Å². The van der Waals surface area contributed by atoms with Crippen LogP contribution in [0.1, 0.15) is 52.1 Å². The zero-order valence-electron chi connectivity index (χ0n) is 13.5. The van der Waals surface area contributed by atoms with Crippen LogP contribution in [0.4, 0.5) is 4.79 Å². The number of nitrogens with one attached hydrogen (secondary N) is 1. The smallest absolute Gasteiger partial charge is 0.318 e. The highest BCUT2D eigenvalue weighted by molar-refractivity contribution is 7.09. The van der Waals surface area contributed by atoms with E-state index in [0.29, 0.717) is 13.1 Å². The van der Waals surface area contributed by atoms with Crippen LogP contribution in [0.5, 0.6) is 0 Å². The van der Waals surface area contributed by atoms with Crippen molar-refractivity contribution >= 4 is 17.4 Å². The molecule has 0 aromatic carbocycles. The van der Waals surface area contributed by atoms with Crippen LogP contribution in [-0.4, -0.2) is 40.2 Å². The molecular weight excluding hydrogens is 286 g/mol. The molecular formula is C15H25N3O2S. The van der Waals surface area contributed by atoms with Crippen LogP contribution in [0.15, 0.2) is 11.6 Å². The van der Waals surface area contributed by atoms with E-state index in [1.807, 2.05) is 38.0 Å². The third kappa shape index (κ3) is 4.17. The number of ether oxygens (including phenoxy) is 1. The van der Waals surface area contributed by atoms with Crippen molar-refractivity contribution < 1.29 is 9.53 Å². The third-order valence-electron chi connectivity index (χ3n) is 3.44. The Labute approximate surface area is 130 Å². The summed E-state index contributed by atoms with van der Waals surface area (Å²) in [6.07, 6.45) is 2.60. The molecule has 118 valence electrons. The van der Waals surface area contributed by atoms with Crippen LogP contribution in [0.2, 0.25) is 0 Å². The number of rotatable bonds is 3. The second kappa shape index (κ2) is 5.93. The maximum absolute atomic E-state index is 12.6. The van der Waals surface area contributed by atoms with Crippen molar-refractivity contribution in [3.63, 3.8) is 0 Å². The van der Waals surface area contributed by atoms with E-state index in [1.165, 1.54) is 0 Å². The molecule has 1 aliphatic rings. The van der Waals surface area contributed by atoms with E-state index in [2.05, 4.69) is 17.2 Å². The van der Waals surface area contributed by atoms with Crippen molar-refractivity contribution in [3.8, 4) is 0 Å². The molecule has 0 aliphatic carbocycles. The number of hydrogen-bond acceptors (Lipinski definition) is 4. The molecule has 1 atom stereocenters. The van der Waals surface area contributed by atoms with Gasteiger partial charge < -0.3 is 15.0 Å². The Morgan fingerprint density at radius 1 is 1.43 bits per heavy atom. The van der Waals surface area contributed by atoms with Crippen LogP contribution in [-0.2, 0) is 4.74 Å². The van der Waals surface area contributed by atoms with Crippen molar-refractivity contribution in [2.24, 2.45) is 0 Å². The maximum Gasteiger partial charge on any atom is 0.318 e. The molecule has 2 rings (SSSR count). The molecule has 1 aliphatic heterocycles. The van der Waals surface area contributed by atoms with Gasteiger partial charge in [0.05, 0.1) is 30.3 Å². The fraction of sp³-hybridized carbons (Fsp3) is 0.733. The van der Waals surface area contributed by atoms with E-state index in [9.17, 15) is 4.79 Å². The van der Waals surface area contributed by atoms with Crippen molar-refractivity contribution in [1.29, 1.82) is 0 Å². The number of amides is 2. The summed E-state index contributed by atoms with van der Waals surface area (Å²) in [6.45, 7) is 11.3. The predicted octanol–water partition coefficient (Wildman–Crippen LogP) is 3.19. The van der Waals surface area contributed by atoms with E-state index in [-0.39, 0.29) is 23.3 Å². The quantitative estimate of drug-likeness (QED) is 0.932. The highest BCUT2D eigenvalue weighted by Gasteiger charge is 2.40. The molecule has 5 nitrogen and oxygen atoms in total. The first-order chi connectivity index (χ1) is 9.72. The minimum Gasteiger partial charge on any atom is -0.366 e. The van der Waals surface area contributed by atoms with Gasteiger partial charge in [-0.1, -0.05) is 6.92 Å². The molecule has 1 N–H and O–H groups in total. The minimum atomic E-state index is -0.331. The Morgan fingerprint density at radius 2 is 2.05 bits per heavy atom. The van der Waals surface area contributed by atoms with E-state index >= 15 is 0 Å². The third-order valence-corrected chi connectivity index (χ3v) is 4.33. The number of carbonyl (C=O) groups is 1. The molecule has 2 heterocycles. The fourth-order valence-electron chi connectivity index (χ4n) is 2.92. The Hall–Kier alpha value is -1.14. The van der Waals surface area contributed by atoms with Crippen LogP contribution in [0, 0.1) is 0 Å². The molecule has 21 heavy (non-hydrogen) atoms. The lowest BCUT2D eigenvalue weighted by Gasteiger charge is -2.47. The topological polar surface area (TPSA) is 54.5 Å². The predicted molar refractivity (Wildman–Crippen MR) is 84.5 cm³/mol. The summed E-state index contributed by atoms with van der Waals surface area (Å²) in [7, 11) is 0. The molecule has 0 bridgehead atoms. The van der Waals surface area contributed by atoms with Gasteiger partial charge in [0.2, 0.25) is 0 Å². The number of hydrogen-bond donors (Lipinski definition) is 1. The van der Waals surface area contributed by atoms with E-state index in [1.54, 1.807) is 17.5 Å². The first kappa shape index (κ1) is 16.2. The summed E-state index contributed by atoms with van der Waals surface area (Å²) >= 11 is 1.57. The largest absolute Gasteiger partial charge is 0.366 e. The van der Waals surface area contributed by atoms with E-state index in [4.69, 9.17) is 4.74 Å². The second-order valence-electron chi connectivity index (χ2n) is 6.76. The Kier molecular flexibility index (Phi) is 4.58. The number of aromatic nitrogens is 1. The molecule has 6 heteroatoms. The van der Waals surface area contributed by atoms with Crippen LogP contribution in [0.3, 0.4) is 0 Å². The maximum atomic E-state index is 12.6. The number of morpholine rings is 1. The Bertz CT molecular complexity index is 469. The van der Waals surface area contributed by atoms with Crippen molar-refractivity contribution in [3.05, 3.63) is 16.6 Å². The first-order valence-electron chi connectivity index (χ1n) is 7.37. The molecule has 0 spiro atoms. The lowest BCUT2D eigenvalue weighted by atomic mass is 9.99. The van der Waals surface area contributed by atoms with Gasteiger partial charge >= 0.3 is 6.03 Å². The summed E-state index contributed by atoms with van der Waals surface area (Å²) in [6, 6.07) is -0.0620. The van der Waals surface area contributed by atoms with Gasteiger partial charge in [0.1, 0.15) is 5.01 Å². The molecule has 0 radical (unpaired) electrons. The normalized spacial score (nSPS) is 21.9. The number of carbonyl (C=O) groups excluding carboxylic acids is 1. The standard InChI is InChI=1S/C15H25N3O2S/c1-6-11(12-16-7-8-21-12)17-13(19)18-9-14(2,3)20-15(4,5)10-18/h7-8,11H,6,9-10H2,1-5H3,(H,17,19)/t11-/m1/s1. The molecule has 1 fully saturated rings. The van der Waals surface area contributed by atoms with Gasteiger partial charge in [-0.3, -0.25) is 0 Å². The van der Waals surface area contributed by atoms with Gasteiger partial charge in [0.15, 0.2) is 0 Å². The molecule has 1 aromatic heterocycles. The van der Waals surface area contributed by atoms with Crippen molar-refractivity contribution in [1.82, 2.24) is 15.2 Å². The number of urea groups is 1. The highest BCUT2D eigenvalue weighted by Crippen LogP contribution is 2.28. The summed E-state index contributed by atoms with van der Waals surface area (Å²) in [5.41, 5.74) is -0.663. The molecule has 2 amide bonds. The summed E-state index contributed by atoms with van der Waals surface area (Å²) in [5, 5.41) is 5.99. The second-order valence-corrected chi connectivity index (χ2v) is 7.68.